The van der Waals surface area contributed by atoms with Crippen LogP contribution >= 0.6 is 31.9 Å². The van der Waals surface area contributed by atoms with Gasteiger partial charge in [0.1, 0.15) is 10.2 Å². The van der Waals surface area contributed by atoms with Crippen LogP contribution in [0.3, 0.4) is 0 Å². The van der Waals surface area contributed by atoms with E-state index in [1.165, 1.54) is 0 Å². The number of halogens is 5. The Morgan fingerprint density at radius 3 is 2.31 bits per heavy atom. The fourth-order valence-corrected chi connectivity index (χ4v) is 1.75. The van der Waals surface area contributed by atoms with Gasteiger partial charge in [-0.25, -0.2) is 13.2 Å². The average Bonchev–Trinajstić information content (AvgIpc) is 2.58. The first kappa shape index (κ1) is 11.7. The monoisotopic (exact) mass is 355 g/mol. The van der Waals surface area contributed by atoms with E-state index in [0.29, 0.717) is 4.47 Å². The van der Waals surface area contributed by atoms with Crippen LogP contribution in [-0.2, 0) is 0 Å². The molecule has 0 aliphatic heterocycles. The third kappa shape index (κ3) is 1.78. The Labute approximate surface area is 105 Å². The smallest absolute Gasteiger partial charge is 0.216 e. The molecule has 0 saturated carbocycles. The van der Waals surface area contributed by atoms with Crippen molar-refractivity contribution in [3.05, 3.63) is 38.7 Å². The Morgan fingerprint density at radius 2 is 1.75 bits per heavy atom. The summed E-state index contributed by atoms with van der Waals surface area (Å²) in [5.74, 6) is -4.09. The first-order valence-corrected chi connectivity index (χ1v) is 5.55. The highest BCUT2D eigenvalue weighted by molar-refractivity contribution is 9.13. The Balaban J connectivity index is 2.66. The fourth-order valence-electron chi connectivity index (χ4n) is 1.14. The van der Waals surface area contributed by atoms with Gasteiger partial charge in [-0.1, -0.05) is 5.16 Å². The van der Waals surface area contributed by atoms with Crippen LogP contribution in [0.15, 0.2) is 25.8 Å². The minimum atomic E-state index is -1.54. The summed E-state index contributed by atoms with van der Waals surface area (Å²) in [7, 11) is 0. The molecule has 7 heteroatoms. The van der Waals surface area contributed by atoms with Crippen LogP contribution in [0.25, 0.3) is 11.3 Å². The molecule has 0 amide bonds. The molecular weight excluding hydrogens is 355 g/mol. The third-order valence-electron chi connectivity index (χ3n) is 1.89. The van der Waals surface area contributed by atoms with Crippen molar-refractivity contribution in [1.82, 2.24) is 5.16 Å². The van der Waals surface area contributed by atoms with E-state index in [1.54, 1.807) is 0 Å². The lowest BCUT2D eigenvalue weighted by Gasteiger charge is -2.01. The lowest BCUT2D eigenvalue weighted by molar-refractivity contribution is 0.400. The Kier molecular flexibility index (Phi) is 3.07. The highest BCUT2D eigenvalue weighted by Gasteiger charge is 2.20. The lowest BCUT2D eigenvalue weighted by atomic mass is 10.1. The van der Waals surface area contributed by atoms with Gasteiger partial charge in [0.05, 0.1) is 0 Å². The molecule has 0 unspecified atom stereocenters. The van der Waals surface area contributed by atoms with Crippen LogP contribution in [0.4, 0.5) is 13.2 Å². The van der Waals surface area contributed by atoms with Crippen molar-refractivity contribution in [2.75, 3.05) is 0 Å². The van der Waals surface area contributed by atoms with Crippen molar-refractivity contribution in [2.24, 2.45) is 0 Å². The summed E-state index contributed by atoms with van der Waals surface area (Å²) in [5, 5.41) is 3.52. The summed E-state index contributed by atoms with van der Waals surface area (Å²) in [4.78, 5) is 0. The SMILES string of the molecule is Fc1ccc(-c2noc(Br)c2Br)c(F)c1F. The van der Waals surface area contributed by atoms with E-state index in [2.05, 4.69) is 37.0 Å². The van der Waals surface area contributed by atoms with Crippen LogP contribution in [-0.4, -0.2) is 5.16 Å². The largest absolute Gasteiger partial charge is 0.347 e. The molecule has 2 aromatic rings. The molecule has 0 spiro atoms. The molecular formula is C9H2Br2F3NO. The predicted molar refractivity (Wildman–Crippen MR) is 57.2 cm³/mol. The minimum absolute atomic E-state index is 0.0586. The number of nitrogens with zero attached hydrogens (tertiary/aromatic N) is 1. The van der Waals surface area contributed by atoms with Crippen molar-refractivity contribution < 1.29 is 17.7 Å². The maximum atomic E-state index is 13.4. The minimum Gasteiger partial charge on any atom is -0.347 e. The van der Waals surface area contributed by atoms with Crippen LogP contribution in [0.1, 0.15) is 0 Å². The van der Waals surface area contributed by atoms with Gasteiger partial charge in [0.15, 0.2) is 17.5 Å². The van der Waals surface area contributed by atoms with Gasteiger partial charge < -0.3 is 4.52 Å². The Hall–Kier alpha value is -0.820. The zero-order valence-corrected chi connectivity index (χ0v) is 10.6. The molecule has 1 heterocycles. The quantitative estimate of drug-likeness (QED) is 0.712. The first-order valence-electron chi connectivity index (χ1n) is 3.97. The lowest BCUT2D eigenvalue weighted by Crippen LogP contribution is -1.94. The maximum Gasteiger partial charge on any atom is 0.216 e. The second kappa shape index (κ2) is 4.21. The van der Waals surface area contributed by atoms with Crippen molar-refractivity contribution in [3.63, 3.8) is 0 Å². The number of hydrogen-bond acceptors (Lipinski definition) is 2. The van der Waals surface area contributed by atoms with Gasteiger partial charge in [0.2, 0.25) is 4.67 Å². The average molecular weight is 357 g/mol. The topological polar surface area (TPSA) is 26.0 Å². The van der Waals surface area contributed by atoms with Crippen molar-refractivity contribution in [3.8, 4) is 11.3 Å². The van der Waals surface area contributed by atoms with Crippen LogP contribution < -0.4 is 0 Å². The van der Waals surface area contributed by atoms with Gasteiger partial charge in [-0.2, -0.15) is 0 Å². The summed E-state index contributed by atoms with van der Waals surface area (Å²) in [6, 6.07) is 1.91. The van der Waals surface area contributed by atoms with E-state index in [4.69, 9.17) is 4.52 Å². The maximum absolute atomic E-state index is 13.4. The van der Waals surface area contributed by atoms with Crippen molar-refractivity contribution >= 4 is 31.9 Å². The molecule has 0 N–H and O–H groups in total. The number of benzene rings is 1. The number of rotatable bonds is 1. The molecule has 2 rings (SSSR count). The van der Waals surface area contributed by atoms with Crippen molar-refractivity contribution in [1.29, 1.82) is 0 Å². The summed E-state index contributed by atoms with van der Waals surface area (Å²) in [6.07, 6.45) is 0. The molecule has 0 radical (unpaired) electrons. The molecule has 1 aromatic carbocycles. The van der Waals surface area contributed by atoms with Gasteiger partial charge >= 0.3 is 0 Å². The molecule has 0 fully saturated rings. The zero-order valence-electron chi connectivity index (χ0n) is 7.40. The summed E-state index contributed by atoms with van der Waals surface area (Å²) in [6.45, 7) is 0. The normalized spacial score (nSPS) is 10.8. The molecule has 0 aliphatic rings. The van der Waals surface area contributed by atoms with E-state index in [0.717, 1.165) is 12.1 Å². The van der Waals surface area contributed by atoms with Crippen LogP contribution in [0.5, 0.6) is 0 Å². The third-order valence-corrected chi connectivity index (χ3v) is 3.70. The second-order valence-corrected chi connectivity index (χ2v) is 4.36. The molecule has 0 saturated heterocycles. The van der Waals surface area contributed by atoms with Gasteiger partial charge in [-0.05, 0) is 44.0 Å². The molecule has 0 atom stereocenters. The van der Waals surface area contributed by atoms with Crippen molar-refractivity contribution in [2.45, 2.75) is 0 Å². The first-order chi connectivity index (χ1) is 7.52. The standard InChI is InChI=1S/C9H2Br2F3NO/c10-5-8(15-16-9(5)11)3-1-2-4(12)7(14)6(3)13/h1-2H. The Morgan fingerprint density at radius 1 is 1.06 bits per heavy atom. The summed E-state index contributed by atoms with van der Waals surface area (Å²) < 4.78 is 44.4. The van der Waals surface area contributed by atoms with E-state index < -0.39 is 17.5 Å². The van der Waals surface area contributed by atoms with E-state index in [9.17, 15) is 13.2 Å². The predicted octanol–water partition coefficient (Wildman–Crippen LogP) is 4.28. The second-order valence-electron chi connectivity index (χ2n) is 2.84. The van der Waals surface area contributed by atoms with Gasteiger partial charge in [-0.3, -0.25) is 0 Å². The molecule has 16 heavy (non-hydrogen) atoms. The highest BCUT2D eigenvalue weighted by atomic mass is 79.9. The van der Waals surface area contributed by atoms with E-state index in [1.807, 2.05) is 0 Å². The Bertz CT molecular complexity index is 556. The van der Waals surface area contributed by atoms with Crippen LogP contribution in [0, 0.1) is 17.5 Å². The van der Waals surface area contributed by atoms with Gasteiger partial charge in [0.25, 0.3) is 0 Å². The fraction of sp³-hybridized carbons (Fsp3) is 0. The molecule has 1 aromatic heterocycles. The molecule has 2 nitrogen and oxygen atoms in total. The number of hydrogen-bond donors (Lipinski definition) is 0. The number of aromatic nitrogens is 1. The molecule has 0 bridgehead atoms. The molecule has 84 valence electrons. The van der Waals surface area contributed by atoms with E-state index in [-0.39, 0.29) is 15.9 Å². The molecule has 0 aliphatic carbocycles. The van der Waals surface area contributed by atoms with E-state index >= 15 is 0 Å². The summed E-state index contributed by atoms with van der Waals surface area (Å²) in [5.41, 5.74) is -0.122. The van der Waals surface area contributed by atoms with Gasteiger partial charge in [-0.15, -0.1) is 0 Å². The van der Waals surface area contributed by atoms with Gasteiger partial charge in [0, 0.05) is 5.56 Å². The van der Waals surface area contributed by atoms with Crippen LogP contribution in [0.2, 0.25) is 0 Å². The summed E-state index contributed by atoms with van der Waals surface area (Å²) >= 11 is 6.08. The zero-order chi connectivity index (χ0) is 11.9. The highest BCUT2D eigenvalue weighted by Crippen LogP contribution is 2.35.